The quantitative estimate of drug-likeness (QED) is 0.792. The predicted octanol–water partition coefficient (Wildman–Crippen LogP) is 0.689. The fraction of sp³-hybridized carbons (Fsp3) is 0.500. The van der Waals surface area contributed by atoms with Gasteiger partial charge in [0.25, 0.3) is 0 Å². The topological polar surface area (TPSA) is 82.5 Å². The first kappa shape index (κ1) is 11.5. The molecule has 2 aromatic heterocycles. The highest BCUT2D eigenvalue weighted by molar-refractivity contribution is 7.98. The molecule has 0 saturated heterocycles. The lowest BCUT2D eigenvalue weighted by atomic mass is 10.6. The summed E-state index contributed by atoms with van der Waals surface area (Å²) in [6.45, 7) is 3.19. The van der Waals surface area contributed by atoms with Crippen molar-refractivity contribution in [3.8, 4) is 0 Å². The lowest BCUT2D eigenvalue weighted by Crippen LogP contribution is -2.12. The molecule has 0 aliphatic heterocycles. The summed E-state index contributed by atoms with van der Waals surface area (Å²) in [5.74, 6) is 0.844. The maximum absolute atomic E-state index is 5.47. The van der Waals surface area contributed by atoms with Gasteiger partial charge < -0.3 is 5.73 Å². The van der Waals surface area contributed by atoms with Crippen molar-refractivity contribution in [3.63, 3.8) is 0 Å². The number of thioether (sulfide) groups is 1. The highest BCUT2D eigenvalue weighted by atomic mass is 32.2. The molecule has 0 spiro atoms. The Morgan fingerprint density at radius 3 is 3.12 bits per heavy atom. The Morgan fingerprint density at radius 1 is 1.56 bits per heavy atom. The molecule has 2 aromatic rings. The van der Waals surface area contributed by atoms with Gasteiger partial charge in [0, 0.05) is 23.4 Å². The highest BCUT2D eigenvalue weighted by Gasteiger charge is 2.07. The van der Waals surface area contributed by atoms with Crippen molar-refractivity contribution in [1.29, 1.82) is 0 Å². The van der Waals surface area contributed by atoms with Crippen molar-refractivity contribution in [2.75, 3.05) is 6.54 Å². The lowest BCUT2D eigenvalue weighted by molar-refractivity contribution is 0.557. The van der Waals surface area contributed by atoms with Gasteiger partial charge in [0.05, 0.1) is 11.6 Å². The summed E-state index contributed by atoms with van der Waals surface area (Å²) in [5, 5.41) is 13.3. The molecule has 0 aliphatic carbocycles. The average Bonchev–Trinajstić information content (AvgIpc) is 2.85. The van der Waals surface area contributed by atoms with Gasteiger partial charge in [0.15, 0.2) is 0 Å². The zero-order chi connectivity index (χ0) is 11.4. The number of nitrogens with two attached hydrogens (primary N) is 1. The molecule has 6 nitrogen and oxygen atoms in total. The smallest absolute Gasteiger partial charge is 0.209 e. The number of nitrogens with zero attached hydrogens (tertiary/aromatic N) is 5. The van der Waals surface area contributed by atoms with E-state index in [0.717, 1.165) is 15.9 Å². The Labute approximate surface area is 101 Å². The Hall–Kier alpha value is -0.990. The molecule has 0 radical (unpaired) electrons. The molecule has 86 valence electrons. The van der Waals surface area contributed by atoms with Crippen LogP contribution in [-0.4, -0.2) is 31.7 Å². The minimum absolute atomic E-state index is 0.540. The third kappa shape index (κ3) is 2.77. The van der Waals surface area contributed by atoms with Crippen LogP contribution in [0.3, 0.4) is 0 Å². The first-order valence-corrected chi connectivity index (χ1v) is 6.60. The van der Waals surface area contributed by atoms with Crippen LogP contribution in [0.5, 0.6) is 0 Å². The summed E-state index contributed by atoms with van der Waals surface area (Å²) in [5.41, 5.74) is 5.47. The summed E-state index contributed by atoms with van der Waals surface area (Å²) in [6.07, 6.45) is 1.89. The van der Waals surface area contributed by atoms with Gasteiger partial charge in [-0.15, -0.1) is 16.4 Å². The maximum Gasteiger partial charge on any atom is 0.209 e. The predicted molar refractivity (Wildman–Crippen MR) is 63.3 cm³/mol. The van der Waals surface area contributed by atoms with Gasteiger partial charge in [-0.1, -0.05) is 11.8 Å². The molecule has 8 heteroatoms. The molecule has 0 atom stereocenters. The molecule has 0 aromatic carbocycles. The Balaban J connectivity index is 1.96. The minimum atomic E-state index is 0.540. The van der Waals surface area contributed by atoms with Gasteiger partial charge in [0.2, 0.25) is 5.16 Å². The zero-order valence-electron chi connectivity index (χ0n) is 8.83. The van der Waals surface area contributed by atoms with Crippen molar-refractivity contribution in [1.82, 2.24) is 25.2 Å². The van der Waals surface area contributed by atoms with E-state index in [1.54, 1.807) is 27.8 Å². The summed E-state index contributed by atoms with van der Waals surface area (Å²) < 4.78 is 1.72. The molecule has 0 unspecified atom stereocenters. The molecular formula is C8H12N6S2. The van der Waals surface area contributed by atoms with Crippen molar-refractivity contribution in [2.24, 2.45) is 5.73 Å². The Morgan fingerprint density at radius 2 is 2.44 bits per heavy atom. The second-order valence-electron chi connectivity index (χ2n) is 3.11. The first-order chi connectivity index (χ1) is 7.79. The number of tetrazole rings is 1. The lowest BCUT2D eigenvalue weighted by Gasteiger charge is -2.00. The van der Waals surface area contributed by atoms with E-state index in [0.29, 0.717) is 13.1 Å². The number of hydrogen-bond donors (Lipinski definition) is 1. The largest absolute Gasteiger partial charge is 0.329 e. The Kier molecular flexibility index (Phi) is 3.86. The molecule has 0 aliphatic rings. The number of thiazole rings is 1. The van der Waals surface area contributed by atoms with Crippen LogP contribution >= 0.6 is 23.1 Å². The molecule has 2 rings (SSSR count). The van der Waals surface area contributed by atoms with Crippen LogP contribution in [0.15, 0.2) is 11.4 Å². The van der Waals surface area contributed by atoms with Gasteiger partial charge >= 0.3 is 0 Å². The van der Waals surface area contributed by atoms with Crippen LogP contribution in [0.25, 0.3) is 0 Å². The number of hydrogen-bond acceptors (Lipinski definition) is 7. The zero-order valence-corrected chi connectivity index (χ0v) is 10.5. The van der Waals surface area contributed by atoms with Crippen molar-refractivity contribution >= 4 is 23.1 Å². The molecule has 2 heterocycles. The van der Waals surface area contributed by atoms with Gasteiger partial charge in [-0.3, -0.25) is 0 Å². The average molecular weight is 256 g/mol. The second-order valence-corrected chi connectivity index (χ2v) is 5.37. The summed E-state index contributed by atoms with van der Waals surface area (Å²) in [6, 6.07) is 0. The molecule has 16 heavy (non-hydrogen) atoms. The number of aromatic nitrogens is 5. The SMILES string of the molecule is Cc1ncc(CSc2nnnn2CCN)s1. The molecule has 0 saturated carbocycles. The van der Waals surface area contributed by atoms with Crippen LogP contribution in [0, 0.1) is 6.92 Å². The third-order valence-electron chi connectivity index (χ3n) is 1.85. The normalized spacial score (nSPS) is 10.9. The van der Waals surface area contributed by atoms with Gasteiger partial charge in [-0.25, -0.2) is 9.67 Å². The van der Waals surface area contributed by atoms with Crippen LogP contribution in [0.2, 0.25) is 0 Å². The molecule has 0 fully saturated rings. The number of rotatable bonds is 5. The molecule has 2 N–H and O–H groups in total. The van der Waals surface area contributed by atoms with Crippen molar-refractivity contribution < 1.29 is 0 Å². The van der Waals surface area contributed by atoms with E-state index in [4.69, 9.17) is 5.73 Å². The fourth-order valence-electron chi connectivity index (χ4n) is 1.17. The maximum atomic E-state index is 5.47. The minimum Gasteiger partial charge on any atom is -0.329 e. The fourth-order valence-corrected chi connectivity index (χ4v) is 2.89. The van der Waals surface area contributed by atoms with E-state index in [-0.39, 0.29) is 0 Å². The van der Waals surface area contributed by atoms with Gasteiger partial charge in [-0.05, 0) is 17.4 Å². The van der Waals surface area contributed by atoms with Gasteiger partial charge in [0.1, 0.15) is 0 Å². The summed E-state index contributed by atoms with van der Waals surface area (Å²) in [4.78, 5) is 5.43. The number of aryl methyl sites for hydroxylation is 1. The van der Waals surface area contributed by atoms with E-state index < -0.39 is 0 Å². The summed E-state index contributed by atoms with van der Waals surface area (Å²) in [7, 11) is 0. The van der Waals surface area contributed by atoms with Gasteiger partial charge in [-0.2, -0.15) is 0 Å². The van der Waals surface area contributed by atoms with Crippen LogP contribution < -0.4 is 5.73 Å². The summed E-state index contributed by atoms with van der Waals surface area (Å²) >= 11 is 3.30. The Bertz CT molecular complexity index is 451. The molecule has 0 bridgehead atoms. The van der Waals surface area contributed by atoms with E-state index in [1.807, 2.05) is 13.1 Å². The van der Waals surface area contributed by atoms with Crippen LogP contribution in [0.4, 0.5) is 0 Å². The van der Waals surface area contributed by atoms with Crippen molar-refractivity contribution in [2.45, 2.75) is 24.4 Å². The van der Waals surface area contributed by atoms with Crippen LogP contribution in [-0.2, 0) is 12.3 Å². The monoisotopic (exact) mass is 256 g/mol. The van der Waals surface area contributed by atoms with Crippen molar-refractivity contribution in [3.05, 3.63) is 16.1 Å². The van der Waals surface area contributed by atoms with E-state index in [9.17, 15) is 0 Å². The highest BCUT2D eigenvalue weighted by Crippen LogP contribution is 2.23. The van der Waals surface area contributed by atoms with Crippen LogP contribution in [0.1, 0.15) is 9.88 Å². The van der Waals surface area contributed by atoms with E-state index in [1.165, 1.54) is 4.88 Å². The molecule has 0 amide bonds. The van der Waals surface area contributed by atoms with E-state index in [2.05, 4.69) is 20.5 Å². The standard InChI is InChI=1S/C8H12N6S2/c1-6-10-4-7(16-6)5-15-8-11-12-13-14(8)3-2-9/h4H,2-3,5,9H2,1H3. The molecular weight excluding hydrogens is 244 g/mol. The second kappa shape index (κ2) is 5.37. The van der Waals surface area contributed by atoms with E-state index >= 15 is 0 Å². The third-order valence-corrected chi connectivity index (χ3v) is 3.95. The first-order valence-electron chi connectivity index (χ1n) is 4.80.